The SMILES string of the molecule is CNCC(=O)c1ccc(C(=O)OC)n1C. The molecule has 0 bridgehead atoms. The summed E-state index contributed by atoms with van der Waals surface area (Å²) in [6, 6.07) is 3.20. The highest BCUT2D eigenvalue weighted by Crippen LogP contribution is 2.08. The first-order valence-electron chi connectivity index (χ1n) is 4.53. The van der Waals surface area contributed by atoms with Crippen LogP contribution in [0.3, 0.4) is 0 Å². The molecule has 1 N–H and O–H groups in total. The largest absolute Gasteiger partial charge is 0.464 e. The number of hydrogen-bond acceptors (Lipinski definition) is 4. The molecule has 0 aliphatic rings. The van der Waals surface area contributed by atoms with Gasteiger partial charge in [0, 0.05) is 7.05 Å². The summed E-state index contributed by atoms with van der Waals surface area (Å²) in [6.07, 6.45) is 0. The normalized spacial score (nSPS) is 10.1. The second-order valence-electron chi connectivity index (χ2n) is 3.11. The molecule has 0 saturated carbocycles. The zero-order valence-electron chi connectivity index (χ0n) is 9.03. The van der Waals surface area contributed by atoms with E-state index >= 15 is 0 Å². The number of ketones is 1. The van der Waals surface area contributed by atoms with E-state index in [0.29, 0.717) is 11.4 Å². The number of hydrogen-bond donors (Lipinski definition) is 1. The second kappa shape index (κ2) is 4.75. The Labute approximate surface area is 88.0 Å². The molecule has 1 aromatic heterocycles. The zero-order chi connectivity index (χ0) is 11.4. The molecule has 1 rings (SSSR count). The topological polar surface area (TPSA) is 60.3 Å². The van der Waals surface area contributed by atoms with Crippen molar-refractivity contribution in [1.29, 1.82) is 0 Å². The van der Waals surface area contributed by atoms with E-state index in [4.69, 9.17) is 0 Å². The van der Waals surface area contributed by atoms with Gasteiger partial charge in [-0.3, -0.25) is 4.79 Å². The van der Waals surface area contributed by atoms with E-state index < -0.39 is 5.97 Å². The Balaban J connectivity index is 2.98. The molecule has 0 amide bonds. The summed E-state index contributed by atoms with van der Waals surface area (Å²) in [5.74, 6) is -0.504. The molecule has 0 spiro atoms. The van der Waals surface area contributed by atoms with Crippen LogP contribution in [0.5, 0.6) is 0 Å². The molecular formula is C10H14N2O3. The van der Waals surface area contributed by atoms with Gasteiger partial charge in [-0.2, -0.15) is 0 Å². The molecule has 82 valence electrons. The molecule has 0 saturated heterocycles. The zero-order valence-corrected chi connectivity index (χ0v) is 9.03. The van der Waals surface area contributed by atoms with Crippen LogP contribution in [0, 0.1) is 0 Å². The third kappa shape index (κ3) is 2.24. The Hall–Kier alpha value is -1.62. The summed E-state index contributed by atoms with van der Waals surface area (Å²) in [5, 5.41) is 2.77. The van der Waals surface area contributed by atoms with Gasteiger partial charge in [0.2, 0.25) is 0 Å². The molecule has 0 fully saturated rings. The number of methoxy groups -OCH3 is 1. The third-order valence-corrected chi connectivity index (χ3v) is 2.14. The van der Waals surface area contributed by atoms with Crippen LogP contribution in [-0.2, 0) is 11.8 Å². The monoisotopic (exact) mass is 210 g/mol. The van der Waals surface area contributed by atoms with Crippen LogP contribution in [0.1, 0.15) is 21.0 Å². The first-order chi connectivity index (χ1) is 7.11. The number of carbonyl (C=O) groups excluding carboxylic acids is 2. The van der Waals surface area contributed by atoms with Crippen molar-refractivity contribution in [3.63, 3.8) is 0 Å². The van der Waals surface area contributed by atoms with Crippen LogP contribution in [-0.4, -0.2) is 37.0 Å². The number of likely N-dealkylation sites (N-methyl/N-ethyl adjacent to an activating group) is 1. The number of rotatable bonds is 4. The summed E-state index contributed by atoms with van der Waals surface area (Å²) in [4.78, 5) is 22.8. The maximum Gasteiger partial charge on any atom is 0.354 e. The molecule has 0 unspecified atom stereocenters. The molecule has 0 aliphatic carbocycles. The van der Waals surface area contributed by atoms with Crippen molar-refractivity contribution in [1.82, 2.24) is 9.88 Å². The van der Waals surface area contributed by atoms with E-state index in [1.54, 1.807) is 26.2 Å². The van der Waals surface area contributed by atoms with Gasteiger partial charge in [0.15, 0.2) is 5.78 Å². The molecule has 5 nitrogen and oxygen atoms in total. The first-order valence-corrected chi connectivity index (χ1v) is 4.53. The van der Waals surface area contributed by atoms with Gasteiger partial charge in [0.25, 0.3) is 0 Å². The van der Waals surface area contributed by atoms with Crippen molar-refractivity contribution in [3.8, 4) is 0 Å². The lowest BCUT2D eigenvalue weighted by Crippen LogP contribution is -2.21. The molecular weight excluding hydrogens is 196 g/mol. The second-order valence-corrected chi connectivity index (χ2v) is 3.11. The lowest BCUT2D eigenvalue weighted by molar-refractivity contribution is 0.0590. The predicted molar refractivity (Wildman–Crippen MR) is 55.0 cm³/mol. The van der Waals surface area contributed by atoms with Crippen LogP contribution >= 0.6 is 0 Å². The van der Waals surface area contributed by atoms with E-state index in [1.807, 2.05) is 0 Å². The fourth-order valence-corrected chi connectivity index (χ4v) is 1.35. The molecule has 5 heteroatoms. The smallest absolute Gasteiger partial charge is 0.354 e. The summed E-state index contributed by atoms with van der Waals surface area (Å²) in [5.41, 5.74) is 0.863. The minimum atomic E-state index is -0.444. The molecule has 0 aromatic carbocycles. The van der Waals surface area contributed by atoms with Crippen molar-refractivity contribution < 1.29 is 14.3 Å². The summed E-state index contributed by atoms with van der Waals surface area (Å²) < 4.78 is 6.12. The highest BCUT2D eigenvalue weighted by atomic mass is 16.5. The van der Waals surface area contributed by atoms with E-state index in [9.17, 15) is 9.59 Å². The van der Waals surface area contributed by atoms with Gasteiger partial charge in [-0.25, -0.2) is 4.79 Å². The highest BCUT2D eigenvalue weighted by Gasteiger charge is 2.16. The predicted octanol–water partition coefficient (Wildman–Crippen LogP) is 0.214. The van der Waals surface area contributed by atoms with Crippen molar-refractivity contribution >= 4 is 11.8 Å². The molecule has 0 aliphatic heterocycles. The van der Waals surface area contributed by atoms with Crippen molar-refractivity contribution in [2.45, 2.75) is 0 Å². The minimum Gasteiger partial charge on any atom is -0.464 e. The average Bonchev–Trinajstić information content (AvgIpc) is 2.59. The standard InChI is InChI=1S/C10H14N2O3/c1-11-6-9(13)7-4-5-8(12(7)2)10(14)15-3/h4-5,11H,6H2,1-3H3. The van der Waals surface area contributed by atoms with Gasteiger partial charge in [0.05, 0.1) is 19.3 Å². The van der Waals surface area contributed by atoms with Gasteiger partial charge in [-0.1, -0.05) is 0 Å². The Kier molecular flexibility index (Phi) is 3.62. The lowest BCUT2D eigenvalue weighted by atomic mass is 10.3. The minimum absolute atomic E-state index is 0.0600. The van der Waals surface area contributed by atoms with Crippen LogP contribution in [0.15, 0.2) is 12.1 Å². The van der Waals surface area contributed by atoms with Gasteiger partial charge >= 0.3 is 5.97 Å². The van der Waals surface area contributed by atoms with Crippen molar-refractivity contribution in [3.05, 3.63) is 23.5 Å². The van der Waals surface area contributed by atoms with Gasteiger partial charge in [0.1, 0.15) is 5.69 Å². The van der Waals surface area contributed by atoms with E-state index in [2.05, 4.69) is 10.1 Å². The quantitative estimate of drug-likeness (QED) is 0.570. The fraction of sp³-hybridized carbons (Fsp3) is 0.400. The van der Waals surface area contributed by atoms with Crippen LogP contribution < -0.4 is 5.32 Å². The van der Waals surface area contributed by atoms with E-state index in [1.165, 1.54) is 11.7 Å². The molecule has 15 heavy (non-hydrogen) atoms. The Bertz CT molecular complexity index is 382. The Morgan fingerprint density at radius 2 is 2.00 bits per heavy atom. The number of ether oxygens (including phenoxy) is 1. The van der Waals surface area contributed by atoms with Gasteiger partial charge < -0.3 is 14.6 Å². The Morgan fingerprint density at radius 3 is 2.53 bits per heavy atom. The fourth-order valence-electron chi connectivity index (χ4n) is 1.35. The lowest BCUT2D eigenvalue weighted by Gasteiger charge is -2.05. The number of nitrogens with one attached hydrogen (secondary N) is 1. The van der Waals surface area contributed by atoms with Crippen molar-refractivity contribution in [2.75, 3.05) is 20.7 Å². The van der Waals surface area contributed by atoms with Crippen LogP contribution in [0.4, 0.5) is 0 Å². The molecule has 1 heterocycles. The van der Waals surface area contributed by atoms with Crippen LogP contribution in [0.25, 0.3) is 0 Å². The highest BCUT2D eigenvalue weighted by molar-refractivity contribution is 5.98. The molecule has 1 aromatic rings. The molecule has 0 atom stereocenters. The van der Waals surface area contributed by atoms with Crippen molar-refractivity contribution in [2.24, 2.45) is 7.05 Å². The number of aromatic nitrogens is 1. The van der Waals surface area contributed by atoms with Gasteiger partial charge in [-0.05, 0) is 19.2 Å². The van der Waals surface area contributed by atoms with Crippen LogP contribution in [0.2, 0.25) is 0 Å². The molecule has 0 radical (unpaired) electrons. The maximum atomic E-state index is 11.6. The summed E-state index contributed by atoms with van der Waals surface area (Å²) in [7, 11) is 4.67. The number of esters is 1. The Morgan fingerprint density at radius 1 is 1.40 bits per heavy atom. The third-order valence-electron chi connectivity index (χ3n) is 2.14. The average molecular weight is 210 g/mol. The van der Waals surface area contributed by atoms with Gasteiger partial charge in [-0.15, -0.1) is 0 Å². The maximum absolute atomic E-state index is 11.6. The van der Waals surface area contributed by atoms with E-state index in [0.717, 1.165) is 0 Å². The summed E-state index contributed by atoms with van der Waals surface area (Å²) in [6.45, 7) is 0.248. The first kappa shape index (κ1) is 11.5. The van der Waals surface area contributed by atoms with E-state index in [-0.39, 0.29) is 12.3 Å². The number of nitrogens with zero attached hydrogens (tertiary/aromatic N) is 1. The number of Topliss-reactive ketones (excluding diaryl/α,β-unsaturated/α-hetero) is 1. The summed E-state index contributed by atoms with van der Waals surface area (Å²) >= 11 is 0. The number of carbonyl (C=O) groups is 2.